The first-order chi connectivity index (χ1) is 9.77. The molecule has 0 amide bonds. The van der Waals surface area contributed by atoms with E-state index in [4.69, 9.17) is 0 Å². The van der Waals surface area contributed by atoms with Crippen molar-refractivity contribution in [3.63, 3.8) is 0 Å². The normalized spacial score (nSPS) is 31.3. The highest BCUT2D eigenvalue weighted by Gasteiger charge is 2.47. The van der Waals surface area contributed by atoms with Gasteiger partial charge in [-0.1, -0.05) is 6.92 Å². The number of likely N-dealkylation sites (tertiary alicyclic amines) is 2. The lowest BCUT2D eigenvalue weighted by Crippen LogP contribution is -2.54. The summed E-state index contributed by atoms with van der Waals surface area (Å²) < 4.78 is 0. The van der Waals surface area contributed by atoms with Gasteiger partial charge in [0.1, 0.15) is 5.54 Å². The lowest BCUT2D eigenvalue weighted by atomic mass is 9.94. The molecule has 2 heterocycles. The van der Waals surface area contributed by atoms with E-state index in [2.05, 4.69) is 28.1 Å². The molecule has 1 N–H and O–H groups in total. The highest BCUT2D eigenvalue weighted by molar-refractivity contribution is 5.17. The Balaban J connectivity index is 1.58. The van der Waals surface area contributed by atoms with Gasteiger partial charge in [0, 0.05) is 19.1 Å². The molecule has 3 fully saturated rings. The molecule has 112 valence electrons. The third-order valence-electron chi connectivity index (χ3n) is 5.34. The number of nitriles is 1. The summed E-state index contributed by atoms with van der Waals surface area (Å²) in [6.07, 6.45) is 6.49. The number of likely N-dealkylation sites (N-methyl/N-ethyl adjacent to an activating group) is 1. The van der Waals surface area contributed by atoms with Gasteiger partial charge in [-0.2, -0.15) is 5.26 Å². The van der Waals surface area contributed by atoms with Crippen molar-refractivity contribution in [3.8, 4) is 6.07 Å². The van der Waals surface area contributed by atoms with Gasteiger partial charge in [0.05, 0.1) is 6.07 Å². The van der Waals surface area contributed by atoms with Crippen molar-refractivity contribution in [3.05, 3.63) is 0 Å². The van der Waals surface area contributed by atoms with Crippen molar-refractivity contribution < 1.29 is 0 Å². The molecule has 4 heteroatoms. The topological polar surface area (TPSA) is 42.3 Å². The lowest BCUT2D eigenvalue weighted by Gasteiger charge is -2.32. The van der Waals surface area contributed by atoms with Crippen LogP contribution in [0.3, 0.4) is 0 Å². The van der Waals surface area contributed by atoms with Crippen molar-refractivity contribution in [2.75, 3.05) is 39.3 Å². The molecule has 1 saturated carbocycles. The Labute approximate surface area is 123 Å². The molecular formula is C16H28N4. The van der Waals surface area contributed by atoms with Crippen molar-refractivity contribution in [2.45, 2.75) is 50.6 Å². The minimum Gasteiger partial charge on any atom is -0.299 e. The summed E-state index contributed by atoms with van der Waals surface area (Å²) >= 11 is 0. The highest BCUT2D eigenvalue weighted by Crippen LogP contribution is 2.40. The van der Waals surface area contributed by atoms with Gasteiger partial charge < -0.3 is 0 Å². The van der Waals surface area contributed by atoms with Crippen LogP contribution in [0, 0.1) is 17.2 Å². The molecule has 4 nitrogen and oxygen atoms in total. The maximum Gasteiger partial charge on any atom is 0.122 e. The minimum atomic E-state index is -0.283. The maximum atomic E-state index is 9.71. The van der Waals surface area contributed by atoms with Crippen LogP contribution in [0.1, 0.15) is 39.0 Å². The molecule has 0 aromatic heterocycles. The molecule has 0 aromatic carbocycles. The van der Waals surface area contributed by atoms with E-state index >= 15 is 0 Å². The fraction of sp³-hybridized carbons (Fsp3) is 0.938. The standard InChI is InChI=1S/C16H28N4/c1-2-18-16(12-17,14-5-6-14)13-19-10-7-15(11-19)20-8-3-4-9-20/h14-15,18H,2-11,13H2,1H3. The average Bonchev–Trinajstić information content (AvgIpc) is 3.00. The Hall–Kier alpha value is -0.630. The van der Waals surface area contributed by atoms with Crippen LogP contribution in [-0.4, -0.2) is 60.6 Å². The van der Waals surface area contributed by atoms with Gasteiger partial charge in [-0.25, -0.2) is 0 Å². The number of nitrogens with one attached hydrogen (secondary N) is 1. The van der Waals surface area contributed by atoms with Crippen molar-refractivity contribution in [1.29, 1.82) is 5.26 Å². The number of hydrogen-bond acceptors (Lipinski definition) is 4. The molecule has 0 radical (unpaired) electrons. The molecule has 0 bridgehead atoms. The Morgan fingerprint density at radius 3 is 2.55 bits per heavy atom. The second-order valence-electron chi connectivity index (χ2n) is 6.81. The number of hydrogen-bond donors (Lipinski definition) is 1. The maximum absolute atomic E-state index is 9.71. The smallest absolute Gasteiger partial charge is 0.122 e. The van der Waals surface area contributed by atoms with Crippen molar-refractivity contribution >= 4 is 0 Å². The van der Waals surface area contributed by atoms with Gasteiger partial charge in [0.2, 0.25) is 0 Å². The first kappa shape index (κ1) is 14.3. The summed E-state index contributed by atoms with van der Waals surface area (Å²) in [6.45, 7) is 8.85. The molecule has 20 heavy (non-hydrogen) atoms. The molecule has 2 unspecified atom stereocenters. The third kappa shape index (κ3) is 2.86. The zero-order valence-electron chi connectivity index (χ0n) is 12.8. The van der Waals surface area contributed by atoms with Crippen LogP contribution in [0.2, 0.25) is 0 Å². The average molecular weight is 276 g/mol. The predicted octanol–water partition coefficient (Wildman–Crippen LogP) is 1.44. The number of rotatable bonds is 6. The van der Waals surface area contributed by atoms with Gasteiger partial charge in [0.15, 0.2) is 0 Å². The first-order valence-corrected chi connectivity index (χ1v) is 8.40. The van der Waals surface area contributed by atoms with E-state index in [1.165, 1.54) is 58.3 Å². The summed E-state index contributed by atoms with van der Waals surface area (Å²) in [6, 6.07) is 3.37. The van der Waals surface area contributed by atoms with E-state index in [-0.39, 0.29) is 5.54 Å². The molecule has 0 aromatic rings. The monoisotopic (exact) mass is 276 g/mol. The van der Waals surface area contributed by atoms with Gasteiger partial charge in [-0.05, 0) is 64.2 Å². The summed E-state index contributed by atoms with van der Waals surface area (Å²) in [7, 11) is 0. The summed E-state index contributed by atoms with van der Waals surface area (Å²) in [5.74, 6) is 0.582. The van der Waals surface area contributed by atoms with E-state index in [1.807, 2.05) is 0 Å². The van der Waals surface area contributed by atoms with E-state index < -0.39 is 0 Å². The largest absolute Gasteiger partial charge is 0.299 e. The zero-order valence-corrected chi connectivity index (χ0v) is 12.8. The van der Waals surface area contributed by atoms with E-state index in [0.717, 1.165) is 19.1 Å². The number of nitrogens with zero attached hydrogens (tertiary/aromatic N) is 3. The predicted molar refractivity (Wildman–Crippen MR) is 80.4 cm³/mol. The second-order valence-corrected chi connectivity index (χ2v) is 6.81. The summed E-state index contributed by atoms with van der Waals surface area (Å²) in [4.78, 5) is 5.20. The Kier molecular flexibility index (Phi) is 4.30. The summed E-state index contributed by atoms with van der Waals surface area (Å²) in [5.41, 5.74) is -0.283. The molecule has 2 saturated heterocycles. The summed E-state index contributed by atoms with van der Waals surface area (Å²) in [5, 5.41) is 13.2. The first-order valence-electron chi connectivity index (χ1n) is 8.40. The Morgan fingerprint density at radius 1 is 1.20 bits per heavy atom. The molecule has 1 aliphatic carbocycles. The molecular weight excluding hydrogens is 248 g/mol. The second kappa shape index (κ2) is 6.01. The molecule has 0 spiro atoms. The van der Waals surface area contributed by atoms with Gasteiger partial charge in [0.25, 0.3) is 0 Å². The Bertz CT molecular complexity index is 367. The SMILES string of the molecule is CCNC(C#N)(CN1CCC(N2CCCC2)C1)C1CC1. The fourth-order valence-corrected chi connectivity index (χ4v) is 4.10. The van der Waals surface area contributed by atoms with Gasteiger partial charge >= 0.3 is 0 Å². The van der Waals surface area contributed by atoms with E-state index in [0.29, 0.717) is 5.92 Å². The molecule has 2 atom stereocenters. The quantitative estimate of drug-likeness (QED) is 0.797. The molecule has 2 aliphatic heterocycles. The van der Waals surface area contributed by atoms with E-state index in [1.54, 1.807) is 0 Å². The highest BCUT2D eigenvalue weighted by atomic mass is 15.3. The van der Waals surface area contributed by atoms with Crippen LogP contribution in [0.5, 0.6) is 0 Å². The van der Waals surface area contributed by atoms with Crippen LogP contribution in [0.4, 0.5) is 0 Å². The van der Waals surface area contributed by atoms with Crippen LogP contribution in [0.15, 0.2) is 0 Å². The third-order valence-corrected chi connectivity index (χ3v) is 5.34. The van der Waals surface area contributed by atoms with Crippen LogP contribution in [0.25, 0.3) is 0 Å². The van der Waals surface area contributed by atoms with Crippen molar-refractivity contribution in [1.82, 2.24) is 15.1 Å². The van der Waals surface area contributed by atoms with Crippen LogP contribution >= 0.6 is 0 Å². The zero-order chi connectivity index (χ0) is 14.0. The van der Waals surface area contributed by atoms with Gasteiger partial charge in [-0.15, -0.1) is 0 Å². The van der Waals surface area contributed by atoms with Gasteiger partial charge in [-0.3, -0.25) is 15.1 Å². The van der Waals surface area contributed by atoms with Crippen LogP contribution in [-0.2, 0) is 0 Å². The lowest BCUT2D eigenvalue weighted by molar-refractivity contribution is 0.199. The fourth-order valence-electron chi connectivity index (χ4n) is 4.10. The van der Waals surface area contributed by atoms with Crippen LogP contribution < -0.4 is 5.32 Å². The molecule has 3 aliphatic rings. The minimum absolute atomic E-state index is 0.283. The van der Waals surface area contributed by atoms with E-state index in [9.17, 15) is 5.26 Å². The Morgan fingerprint density at radius 2 is 1.95 bits per heavy atom. The molecule has 3 rings (SSSR count). The van der Waals surface area contributed by atoms with Crippen molar-refractivity contribution in [2.24, 2.45) is 5.92 Å².